The fourth-order valence-corrected chi connectivity index (χ4v) is 4.45. The molecule has 19 heavy (non-hydrogen) atoms. The third kappa shape index (κ3) is 3.76. The van der Waals surface area contributed by atoms with Gasteiger partial charge in [-0.15, -0.1) is 0 Å². The van der Waals surface area contributed by atoms with Crippen LogP contribution in [0.15, 0.2) is 24.3 Å². The summed E-state index contributed by atoms with van der Waals surface area (Å²) in [6, 6.07) is 10.2. The first-order valence-corrected chi connectivity index (χ1v) is 8.97. The van der Waals surface area contributed by atoms with Crippen LogP contribution in [0.4, 0.5) is 0 Å². The van der Waals surface area contributed by atoms with Crippen molar-refractivity contribution in [3.63, 3.8) is 0 Å². The number of thioether (sulfide) groups is 1. The summed E-state index contributed by atoms with van der Waals surface area (Å²) in [5, 5.41) is 3.64. The maximum Gasteiger partial charge on any atom is 0.0107 e. The molecule has 3 rings (SSSR count). The highest BCUT2D eigenvalue weighted by Gasteiger charge is 2.16. The molecule has 2 aliphatic rings. The fourth-order valence-electron chi connectivity index (χ4n) is 3.34. The van der Waals surface area contributed by atoms with Gasteiger partial charge in [0, 0.05) is 6.04 Å². The van der Waals surface area contributed by atoms with Crippen molar-refractivity contribution in [2.75, 3.05) is 18.1 Å². The molecule has 0 aliphatic carbocycles. The normalized spacial score (nSPS) is 25.4. The SMILES string of the molecule is c1cc(C2CCSCC2)ccc1CC1CCCCN1. The molecule has 2 saturated heterocycles. The summed E-state index contributed by atoms with van der Waals surface area (Å²) in [7, 11) is 0. The fraction of sp³-hybridized carbons (Fsp3) is 0.647. The summed E-state index contributed by atoms with van der Waals surface area (Å²) < 4.78 is 0. The Labute approximate surface area is 121 Å². The zero-order valence-corrected chi connectivity index (χ0v) is 12.6. The first-order chi connectivity index (χ1) is 9.42. The van der Waals surface area contributed by atoms with Crippen molar-refractivity contribution in [3.05, 3.63) is 35.4 Å². The second kappa shape index (κ2) is 6.81. The van der Waals surface area contributed by atoms with Gasteiger partial charge in [-0.2, -0.15) is 11.8 Å². The Balaban J connectivity index is 1.58. The average Bonchev–Trinajstić information content (AvgIpc) is 2.50. The molecule has 0 aromatic heterocycles. The second-order valence-corrected chi connectivity index (χ2v) is 7.20. The standard InChI is InChI=1S/C17H25NS/c1-2-10-18-17(3-1)13-14-4-6-15(7-5-14)16-8-11-19-12-9-16/h4-7,16-18H,1-3,8-13H2. The summed E-state index contributed by atoms with van der Waals surface area (Å²) >= 11 is 2.11. The van der Waals surface area contributed by atoms with Crippen molar-refractivity contribution in [3.8, 4) is 0 Å². The lowest BCUT2D eigenvalue weighted by Gasteiger charge is -2.24. The molecule has 2 fully saturated rings. The van der Waals surface area contributed by atoms with Crippen LogP contribution in [0.1, 0.15) is 49.1 Å². The molecule has 104 valence electrons. The Hall–Kier alpha value is -0.470. The maximum absolute atomic E-state index is 3.64. The highest BCUT2D eigenvalue weighted by Crippen LogP contribution is 2.31. The van der Waals surface area contributed by atoms with Gasteiger partial charge in [0.2, 0.25) is 0 Å². The minimum atomic E-state index is 0.714. The first kappa shape index (κ1) is 13.5. The van der Waals surface area contributed by atoms with Gasteiger partial charge in [-0.25, -0.2) is 0 Å². The first-order valence-electron chi connectivity index (χ1n) is 7.82. The zero-order valence-electron chi connectivity index (χ0n) is 11.7. The van der Waals surface area contributed by atoms with Crippen LogP contribution in [0.5, 0.6) is 0 Å². The van der Waals surface area contributed by atoms with Crippen molar-refractivity contribution in [1.29, 1.82) is 0 Å². The minimum absolute atomic E-state index is 0.714. The Morgan fingerprint density at radius 2 is 1.79 bits per heavy atom. The highest BCUT2D eigenvalue weighted by molar-refractivity contribution is 7.99. The van der Waals surface area contributed by atoms with Gasteiger partial charge in [-0.1, -0.05) is 30.7 Å². The van der Waals surface area contributed by atoms with Crippen molar-refractivity contribution in [2.45, 2.75) is 50.5 Å². The van der Waals surface area contributed by atoms with E-state index in [1.54, 1.807) is 5.56 Å². The van der Waals surface area contributed by atoms with Gasteiger partial charge in [0.1, 0.15) is 0 Å². The number of hydrogen-bond acceptors (Lipinski definition) is 2. The Bertz CT molecular complexity index is 375. The largest absolute Gasteiger partial charge is 0.314 e. The molecule has 1 atom stereocenters. The van der Waals surface area contributed by atoms with Gasteiger partial charge >= 0.3 is 0 Å². The molecule has 1 nitrogen and oxygen atoms in total. The van der Waals surface area contributed by atoms with E-state index in [1.807, 2.05) is 0 Å². The van der Waals surface area contributed by atoms with E-state index in [0.29, 0.717) is 6.04 Å². The molecule has 1 N–H and O–H groups in total. The number of piperidine rings is 1. The summed E-state index contributed by atoms with van der Waals surface area (Å²) in [6.45, 7) is 1.21. The smallest absolute Gasteiger partial charge is 0.0107 e. The molecule has 2 aliphatic heterocycles. The van der Waals surface area contributed by atoms with Crippen LogP contribution in [-0.4, -0.2) is 24.1 Å². The minimum Gasteiger partial charge on any atom is -0.314 e. The van der Waals surface area contributed by atoms with E-state index < -0.39 is 0 Å². The van der Waals surface area contributed by atoms with Crippen LogP contribution in [0.3, 0.4) is 0 Å². The summed E-state index contributed by atoms with van der Waals surface area (Å²) in [5.41, 5.74) is 3.08. The molecule has 1 unspecified atom stereocenters. The number of hydrogen-bond donors (Lipinski definition) is 1. The van der Waals surface area contributed by atoms with Crippen LogP contribution in [-0.2, 0) is 6.42 Å². The van der Waals surface area contributed by atoms with Crippen LogP contribution in [0.25, 0.3) is 0 Å². The van der Waals surface area contributed by atoms with Crippen LogP contribution < -0.4 is 5.32 Å². The van der Waals surface area contributed by atoms with Crippen LogP contribution in [0.2, 0.25) is 0 Å². The molecule has 2 heteroatoms. The van der Waals surface area contributed by atoms with Gasteiger partial charge in [0.05, 0.1) is 0 Å². The van der Waals surface area contributed by atoms with E-state index in [2.05, 4.69) is 41.3 Å². The third-order valence-corrected chi connectivity index (χ3v) is 5.62. The van der Waals surface area contributed by atoms with E-state index in [-0.39, 0.29) is 0 Å². The predicted octanol–water partition coefficient (Wildman–Crippen LogP) is 3.98. The highest BCUT2D eigenvalue weighted by atomic mass is 32.2. The van der Waals surface area contributed by atoms with E-state index in [1.165, 1.54) is 62.1 Å². The molecule has 0 bridgehead atoms. The lowest BCUT2D eigenvalue weighted by Crippen LogP contribution is -2.35. The Morgan fingerprint density at radius 1 is 1.00 bits per heavy atom. The van der Waals surface area contributed by atoms with Gasteiger partial charge in [-0.3, -0.25) is 0 Å². The van der Waals surface area contributed by atoms with Crippen molar-refractivity contribution < 1.29 is 0 Å². The monoisotopic (exact) mass is 275 g/mol. The molecular weight excluding hydrogens is 250 g/mol. The second-order valence-electron chi connectivity index (χ2n) is 5.98. The van der Waals surface area contributed by atoms with E-state index in [0.717, 1.165) is 5.92 Å². The Kier molecular flexibility index (Phi) is 4.84. The summed E-state index contributed by atoms with van der Waals surface area (Å²) in [6.07, 6.45) is 8.05. The zero-order chi connectivity index (χ0) is 12.9. The molecule has 0 saturated carbocycles. The van der Waals surface area contributed by atoms with Gasteiger partial charge in [0.15, 0.2) is 0 Å². The Morgan fingerprint density at radius 3 is 2.47 bits per heavy atom. The maximum atomic E-state index is 3.64. The summed E-state index contributed by atoms with van der Waals surface area (Å²) in [4.78, 5) is 0. The van der Waals surface area contributed by atoms with E-state index >= 15 is 0 Å². The van der Waals surface area contributed by atoms with Crippen molar-refractivity contribution >= 4 is 11.8 Å². The van der Waals surface area contributed by atoms with Gasteiger partial charge in [0.25, 0.3) is 0 Å². The number of benzene rings is 1. The molecule has 0 amide bonds. The number of nitrogens with one attached hydrogen (secondary N) is 1. The van der Waals surface area contributed by atoms with Gasteiger partial charge in [-0.05, 0) is 67.2 Å². The van der Waals surface area contributed by atoms with Crippen molar-refractivity contribution in [2.24, 2.45) is 0 Å². The van der Waals surface area contributed by atoms with Crippen LogP contribution in [0, 0.1) is 0 Å². The predicted molar refractivity (Wildman–Crippen MR) is 85.1 cm³/mol. The molecule has 0 radical (unpaired) electrons. The van der Waals surface area contributed by atoms with Crippen molar-refractivity contribution in [1.82, 2.24) is 5.32 Å². The topological polar surface area (TPSA) is 12.0 Å². The quantitative estimate of drug-likeness (QED) is 0.895. The average molecular weight is 275 g/mol. The molecule has 2 heterocycles. The molecule has 1 aromatic rings. The number of rotatable bonds is 3. The molecular formula is C17H25NS. The molecule has 1 aromatic carbocycles. The van der Waals surface area contributed by atoms with Crippen LogP contribution >= 0.6 is 11.8 Å². The van der Waals surface area contributed by atoms with E-state index in [4.69, 9.17) is 0 Å². The molecule has 0 spiro atoms. The summed E-state index contributed by atoms with van der Waals surface area (Å²) in [5.74, 6) is 3.51. The lowest BCUT2D eigenvalue weighted by atomic mass is 9.91. The van der Waals surface area contributed by atoms with E-state index in [9.17, 15) is 0 Å². The van der Waals surface area contributed by atoms with Gasteiger partial charge < -0.3 is 5.32 Å². The lowest BCUT2D eigenvalue weighted by molar-refractivity contribution is 0.399. The third-order valence-electron chi connectivity index (χ3n) is 4.57.